The van der Waals surface area contributed by atoms with Gasteiger partial charge in [0.2, 0.25) is 5.95 Å². The maximum Gasteiger partial charge on any atom is 0.305 e. The summed E-state index contributed by atoms with van der Waals surface area (Å²) >= 11 is 5.01. The van der Waals surface area contributed by atoms with Gasteiger partial charge < -0.3 is 5.32 Å². The molecule has 0 amide bonds. The van der Waals surface area contributed by atoms with E-state index in [2.05, 4.69) is 31.2 Å². The molecule has 0 atom stereocenters. The Morgan fingerprint density at radius 3 is 2.71 bits per heavy atom. The highest BCUT2D eigenvalue weighted by Gasteiger charge is 2.07. The Kier molecular flexibility index (Phi) is 3.64. The average molecular weight is 315 g/mol. The van der Waals surface area contributed by atoms with Gasteiger partial charge in [-0.15, -0.1) is 11.3 Å². The van der Waals surface area contributed by atoms with Crippen LogP contribution in [0.2, 0.25) is 0 Å². The summed E-state index contributed by atoms with van der Waals surface area (Å²) in [6, 6.07) is 1.96. The highest BCUT2D eigenvalue weighted by atomic mass is 79.9. The lowest BCUT2D eigenvalue weighted by atomic mass is 10.4. The first-order valence-corrected chi connectivity index (χ1v) is 6.26. The Morgan fingerprint density at radius 1 is 1.47 bits per heavy atom. The van der Waals surface area contributed by atoms with Crippen molar-refractivity contribution in [2.24, 2.45) is 0 Å². The third-order valence-electron chi connectivity index (χ3n) is 1.95. The van der Waals surface area contributed by atoms with E-state index >= 15 is 0 Å². The SMILES string of the molecule is O=[N+]([O-])c1cnc(NCc2sccc2Br)nc1. The minimum absolute atomic E-state index is 0.118. The van der Waals surface area contributed by atoms with Gasteiger partial charge in [0.1, 0.15) is 12.4 Å². The fourth-order valence-corrected chi connectivity index (χ4v) is 2.55. The standard InChI is InChI=1S/C9H7BrN4O2S/c10-7-1-2-17-8(7)5-13-9-11-3-6(4-12-9)14(15)16/h1-4H,5H2,(H,11,12,13). The molecule has 0 aromatic carbocycles. The van der Waals surface area contributed by atoms with Crippen LogP contribution in [0.15, 0.2) is 28.3 Å². The van der Waals surface area contributed by atoms with E-state index in [0.29, 0.717) is 12.5 Å². The van der Waals surface area contributed by atoms with Gasteiger partial charge in [0.25, 0.3) is 0 Å². The zero-order chi connectivity index (χ0) is 12.3. The molecule has 1 N–H and O–H groups in total. The first kappa shape index (κ1) is 11.9. The monoisotopic (exact) mass is 314 g/mol. The van der Waals surface area contributed by atoms with Crippen molar-refractivity contribution >= 4 is 38.9 Å². The lowest BCUT2D eigenvalue weighted by Gasteiger charge is -2.02. The Balaban J connectivity index is 2.00. The molecule has 2 heterocycles. The number of anilines is 1. The number of nitrogens with one attached hydrogen (secondary N) is 1. The van der Waals surface area contributed by atoms with Crippen LogP contribution in [-0.2, 0) is 6.54 Å². The second-order valence-corrected chi connectivity index (χ2v) is 4.92. The molecule has 0 aliphatic carbocycles. The van der Waals surface area contributed by atoms with Crippen LogP contribution in [0.3, 0.4) is 0 Å². The van der Waals surface area contributed by atoms with Gasteiger partial charge in [0, 0.05) is 9.35 Å². The zero-order valence-corrected chi connectivity index (χ0v) is 10.9. The highest BCUT2D eigenvalue weighted by molar-refractivity contribution is 9.10. The van der Waals surface area contributed by atoms with Crippen molar-refractivity contribution in [3.05, 3.63) is 43.3 Å². The van der Waals surface area contributed by atoms with E-state index in [-0.39, 0.29) is 5.69 Å². The van der Waals surface area contributed by atoms with Crippen LogP contribution < -0.4 is 5.32 Å². The van der Waals surface area contributed by atoms with Crippen LogP contribution >= 0.6 is 27.3 Å². The van der Waals surface area contributed by atoms with Gasteiger partial charge in [-0.3, -0.25) is 10.1 Å². The van der Waals surface area contributed by atoms with E-state index in [0.717, 1.165) is 9.35 Å². The van der Waals surface area contributed by atoms with Crippen molar-refractivity contribution in [1.82, 2.24) is 9.97 Å². The van der Waals surface area contributed by atoms with Gasteiger partial charge in [-0.25, -0.2) is 9.97 Å². The molecule has 2 aromatic heterocycles. The van der Waals surface area contributed by atoms with E-state index < -0.39 is 4.92 Å². The number of hydrogen-bond donors (Lipinski definition) is 1. The summed E-state index contributed by atoms with van der Waals surface area (Å²) in [5.41, 5.74) is -0.118. The highest BCUT2D eigenvalue weighted by Crippen LogP contribution is 2.23. The second-order valence-electron chi connectivity index (χ2n) is 3.07. The molecule has 6 nitrogen and oxygen atoms in total. The number of nitro groups is 1. The van der Waals surface area contributed by atoms with Crippen LogP contribution in [0.4, 0.5) is 11.6 Å². The summed E-state index contributed by atoms with van der Waals surface area (Å²) in [6.07, 6.45) is 2.36. The number of thiophene rings is 1. The Morgan fingerprint density at radius 2 is 2.18 bits per heavy atom. The molecule has 0 aliphatic rings. The largest absolute Gasteiger partial charge is 0.349 e. The summed E-state index contributed by atoms with van der Waals surface area (Å²) in [7, 11) is 0. The van der Waals surface area contributed by atoms with Crippen LogP contribution in [0, 0.1) is 10.1 Å². The Bertz CT molecular complexity index is 528. The summed E-state index contributed by atoms with van der Waals surface area (Å²) in [5, 5.41) is 15.4. The number of hydrogen-bond acceptors (Lipinski definition) is 6. The molecular formula is C9H7BrN4O2S. The number of nitrogens with zero attached hydrogens (tertiary/aromatic N) is 3. The molecule has 17 heavy (non-hydrogen) atoms. The van der Waals surface area contributed by atoms with Gasteiger partial charge >= 0.3 is 5.69 Å². The molecule has 0 fully saturated rings. The lowest BCUT2D eigenvalue weighted by molar-refractivity contribution is -0.385. The van der Waals surface area contributed by atoms with Crippen molar-refractivity contribution in [3.8, 4) is 0 Å². The molecule has 0 saturated heterocycles. The van der Waals surface area contributed by atoms with Crippen molar-refractivity contribution in [3.63, 3.8) is 0 Å². The lowest BCUT2D eigenvalue weighted by Crippen LogP contribution is -2.03. The molecule has 0 bridgehead atoms. The first-order chi connectivity index (χ1) is 8.16. The summed E-state index contributed by atoms with van der Waals surface area (Å²) in [5.74, 6) is 0.371. The number of aromatic nitrogens is 2. The summed E-state index contributed by atoms with van der Waals surface area (Å²) in [6.45, 7) is 0.579. The predicted molar refractivity (Wildman–Crippen MR) is 68.0 cm³/mol. The van der Waals surface area contributed by atoms with Crippen molar-refractivity contribution in [2.75, 3.05) is 5.32 Å². The molecule has 8 heteroatoms. The Labute approximate surface area is 109 Å². The van der Waals surface area contributed by atoms with Crippen molar-refractivity contribution in [2.45, 2.75) is 6.54 Å². The molecule has 2 aromatic rings. The van der Waals surface area contributed by atoms with Crippen molar-refractivity contribution in [1.29, 1.82) is 0 Å². The molecule has 88 valence electrons. The second kappa shape index (κ2) is 5.19. The van der Waals surface area contributed by atoms with E-state index in [9.17, 15) is 10.1 Å². The molecular weight excluding hydrogens is 308 g/mol. The summed E-state index contributed by atoms with van der Waals surface area (Å²) < 4.78 is 1.02. The normalized spacial score (nSPS) is 10.2. The van der Waals surface area contributed by atoms with Gasteiger partial charge in [-0.05, 0) is 27.4 Å². The third kappa shape index (κ3) is 2.98. The minimum Gasteiger partial charge on any atom is -0.349 e. The molecule has 0 unspecified atom stereocenters. The first-order valence-electron chi connectivity index (χ1n) is 4.59. The maximum atomic E-state index is 10.4. The number of rotatable bonds is 4. The molecule has 0 aliphatic heterocycles. The van der Waals surface area contributed by atoms with E-state index in [1.54, 1.807) is 11.3 Å². The van der Waals surface area contributed by atoms with Crippen LogP contribution in [0.25, 0.3) is 0 Å². The van der Waals surface area contributed by atoms with E-state index in [1.807, 2.05) is 11.4 Å². The smallest absolute Gasteiger partial charge is 0.305 e. The van der Waals surface area contributed by atoms with Crippen molar-refractivity contribution < 1.29 is 4.92 Å². The van der Waals surface area contributed by atoms with Gasteiger partial charge in [-0.2, -0.15) is 0 Å². The molecule has 2 rings (SSSR count). The van der Waals surface area contributed by atoms with Crippen LogP contribution in [-0.4, -0.2) is 14.9 Å². The zero-order valence-electron chi connectivity index (χ0n) is 8.46. The van der Waals surface area contributed by atoms with Gasteiger partial charge in [0.15, 0.2) is 0 Å². The Hall–Kier alpha value is -1.54. The quantitative estimate of drug-likeness (QED) is 0.693. The van der Waals surface area contributed by atoms with E-state index in [4.69, 9.17) is 0 Å². The van der Waals surface area contributed by atoms with Gasteiger partial charge in [0.05, 0.1) is 11.5 Å². The van der Waals surface area contributed by atoms with Crippen LogP contribution in [0.1, 0.15) is 4.88 Å². The third-order valence-corrected chi connectivity index (χ3v) is 3.87. The fraction of sp³-hybridized carbons (Fsp3) is 0.111. The minimum atomic E-state index is -0.528. The maximum absolute atomic E-state index is 10.4. The molecule has 0 saturated carbocycles. The predicted octanol–water partition coefficient (Wildman–Crippen LogP) is 2.82. The van der Waals surface area contributed by atoms with Crippen LogP contribution in [0.5, 0.6) is 0 Å². The molecule has 0 radical (unpaired) electrons. The number of halogens is 1. The molecule has 0 spiro atoms. The summed E-state index contributed by atoms with van der Waals surface area (Å²) in [4.78, 5) is 18.7. The van der Waals surface area contributed by atoms with E-state index in [1.165, 1.54) is 12.4 Å². The average Bonchev–Trinajstić information content (AvgIpc) is 2.73. The topological polar surface area (TPSA) is 81.0 Å². The fourth-order valence-electron chi connectivity index (χ4n) is 1.12. The van der Waals surface area contributed by atoms with Gasteiger partial charge in [-0.1, -0.05) is 0 Å².